The molecule has 0 aliphatic carbocycles. The Morgan fingerprint density at radius 1 is 1.22 bits per heavy atom. The Balaban J connectivity index is 1.72. The van der Waals surface area contributed by atoms with Gasteiger partial charge in [0.1, 0.15) is 0 Å². The average molecular weight is 376 g/mol. The topological polar surface area (TPSA) is 81.7 Å². The number of rotatable bonds is 10. The second-order valence-electron chi connectivity index (χ2n) is 7.39. The molecule has 0 radical (unpaired) electrons. The van der Waals surface area contributed by atoms with Gasteiger partial charge in [-0.1, -0.05) is 37.3 Å². The van der Waals surface area contributed by atoms with Gasteiger partial charge >= 0.3 is 12.0 Å². The van der Waals surface area contributed by atoms with E-state index in [1.165, 1.54) is 12.8 Å². The minimum absolute atomic E-state index is 0.0494. The number of likely N-dealkylation sites (tertiary alicyclic amines) is 1. The van der Waals surface area contributed by atoms with Gasteiger partial charge in [0.05, 0.1) is 0 Å². The van der Waals surface area contributed by atoms with Gasteiger partial charge in [-0.25, -0.2) is 4.79 Å². The van der Waals surface area contributed by atoms with Crippen LogP contribution in [0.2, 0.25) is 0 Å². The van der Waals surface area contributed by atoms with E-state index in [-0.39, 0.29) is 18.5 Å². The first-order valence-electron chi connectivity index (χ1n) is 10.1. The molecule has 6 heteroatoms. The van der Waals surface area contributed by atoms with E-state index in [1.54, 1.807) is 0 Å². The number of carbonyl (C=O) groups excluding carboxylic acids is 1. The smallest absolute Gasteiger partial charge is 0.315 e. The zero-order chi connectivity index (χ0) is 19.5. The van der Waals surface area contributed by atoms with E-state index in [1.807, 2.05) is 30.3 Å². The SMILES string of the molecule is CCN1CCC(CCNC(=O)NC(CCC(=O)O)Cc2ccccc2)CC1. The molecule has 1 atom stereocenters. The minimum Gasteiger partial charge on any atom is -0.481 e. The lowest BCUT2D eigenvalue weighted by Crippen LogP contribution is -2.44. The van der Waals surface area contributed by atoms with Gasteiger partial charge in [0.2, 0.25) is 0 Å². The van der Waals surface area contributed by atoms with Gasteiger partial charge in [0, 0.05) is 19.0 Å². The molecule has 0 spiro atoms. The van der Waals surface area contributed by atoms with Gasteiger partial charge in [-0.15, -0.1) is 0 Å². The molecule has 6 nitrogen and oxygen atoms in total. The van der Waals surface area contributed by atoms with Crippen molar-refractivity contribution in [1.82, 2.24) is 15.5 Å². The Morgan fingerprint density at radius 2 is 1.93 bits per heavy atom. The summed E-state index contributed by atoms with van der Waals surface area (Å²) >= 11 is 0. The third-order valence-corrected chi connectivity index (χ3v) is 5.36. The third-order valence-electron chi connectivity index (χ3n) is 5.36. The summed E-state index contributed by atoms with van der Waals surface area (Å²) in [5.74, 6) is -0.158. The summed E-state index contributed by atoms with van der Waals surface area (Å²) < 4.78 is 0. The normalized spacial score (nSPS) is 16.6. The van der Waals surface area contributed by atoms with Crippen molar-refractivity contribution in [3.63, 3.8) is 0 Å². The summed E-state index contributed by atoms with van der Waals surface area (Å²) in [5, 5.41) is 14.9. The number of nitrogens with one attached hydrogen (secondary N) is 2. The molecule has 1 fully saturated rings. The highest BCUT2D eigenvalue weighted by Gasteiger charge is 2.18. The van der Waals surface area contributed by atoms with E-state index in [2.05, 4.69) is 22.5 Å². The van der Waals surface area contributed by atoms with Crippen LogP contribution in [0.5, 0.6) is 0 Å². The maximum atomic E-state index is 12.3. The Hall–Kier alpha value is -2.08. The number of piperidine rings is 1. The highest BCUT2D eigenvalue weighted by molar-refractivity contribution is 5.74. The number of carboxylic acid groups (broad SMARTS) is 1. The average Bonchev–Trinajstić information content (AvgIpc) is 2.67. The molecule has 0 aromatic heterocycles. The maximum absolute atomic E-state index is 12.3. The molecular weight excluding hydrogens is 342 g/mol. The van der Waals surface area contributed by atoms with Crippen molar-refractivity contribution in [3.05, 3.63) is 35.9 Å². The van der Waals surface area contributed by atoms with E-state index in [4.69, 9.17) is 5.11 Å². The quantitative estimate of drug-likeness (QED) is 0.587. The van der Waals surface area contributed by atoms with E-state index in [0.29, 0.717) is 25.3 Å². The molecule has 2 amide bonds. The van der Waals surface area contributed by atoms with E-state index in [0.717, 1.165) is 31.6 Å². The number of hydrogen-bond donors (Lipinski definition) is 3. The molecule has 3 N–H and O–H groups in total. The van der Waals surface area contributed by atoms with Crippen molar-refractivity contribution in [1.29, 1.82) is 0 Å². The largest absolute Gasteiger partial charge is 0.481 e. The fraction of sp³-hybridized carbons (Fsp3) is 0.619. The summed E-state index contributed by atoms with van der Waals surface area (Å²) in [6, 6.07) is 9.46. The molecule has 0 saturated carbocycles. The van der Waals surface area contributed by atoms with Gasteiger partial charge in [-0.2, -0.15) is 0 Å². The lowest BCUT2D eigenvalue weighted by atomic mass is 9.93. The summed E-state index contributed by atoms with van der Waals surface area (Å²) in [5.41, 5.74) is 1.09. The summed E-state index contributed by atoms with van der Waals surface area (Å²) in [7, 11) is 0. The number of urea groups is 1. The van der Waals surface area contributed by atoms with Crippen molar-refractivity contribution < 1.29 is 14.7 Å². The van der Waals surface area contributed by atoms with Gasteiger partial charge in [-0.3, -0.25) is 4.79 Å². The molecule has 1 heterocycles. The molecule has 0 bridgehead atoms. The number of aliphatic carboxylic acids is 1. The van der Waals surface area contributed by atoms with Crippen LogP contribution in [0, 0.1) is 5.92 Å². The van der Waals surface area contributed by atoms with Crippen LogP contribution in [0.4, 0.5) is 4.79 Å². The van der Waals surface area contributed by atoms with Gasteiger partial charge in [-0.05, 0) is 63.2 Å². The molecule has 1 aliphatic rings. The molecular formula is C21H33N3O3. The number of carbonyl (C=O) groups is 2. The minimum atomic E-state index is -0.839. The molecule has 1 unspecified atom stereocenters. The summed E-state index contributed by atoms with van der Waals surface area (Å²) in [4.78, 5) is 25.6. The van der Waals surface area contributed by atoms with Gasteiger partial charge in [0.25, 0.3) is 0 Å². The van der Waals surface area contributed by atoms with Crippen LogP contribution >= 0.6 is 0 Å². The highest BCUT2D eigenvalue weighted by atomic mass is 16.4. The van der Waals surface area contributed by atoms with Crippen LogP contribution in [-0.2, 0) is 11.2 Å². The number of amides is 2. The van der Waals surface area contributed by atoms with Crippen LogP contribution in [0.1, 0.15) is 44.6 Å². The van der Waals surface area contributed by atoms with Gasteiger partial charge in [0.15, 0.2) is 0 Å². The third kappa shape index (κ3) is 8.43. The van der Waals surface area contributed by atoms with Crippen LogP contribution < -0.4 is 10.6 Å². The zero-order valence-electron chi connectivity index (χ0n) is 16.3. The molecule has 150 valence electrons. The Kier molecular flexibility index (Phi) is 9.11. The van der Waals surface area contributed by atoms with Crippen molar-refractivity contribution in [2.45, 2.75) is 51.5 Å². The predicted molar refractivity (Wildman–Crippen MR) is 107 cm³/mol. The van der Waals surface area contributed by atoms with Crippen LogP contribution in [-0.4, -0.2) is 54.2 Å². The highest BCUT2D eigenvalue weighted by Crippen LogP contribution is 2.19. The number of hydrogen-bond acceptors (Lipinski definition) is 3. The van der Waals surface area contributed by atoms with E-state index in [9.17, 15) is 9.59 Å². The summed E-state index contributed by atoms with van der Waals surface area (Å²) in [6.45, 7) is 6.29. The molecule has 1 aromatic carbocycles. The molecule has 1 aromatic rings. The molecule has 27 heavy (non-hydrogen) atoms. The standard InChI is InChI=1S/C21H33N3O3/c1-2-24-14-11-17(12-15-24)10-13-22-21(27)23-19(8-9-20(25)26)16-18-6-4-3-5-7-18/h3-7,17,19H,2,8-16H2,1H3,(H,25,26)(H2,22,23,27). The summed E-state index contributed by atoms with van der Waals surface area (Å²) in [6.07, 6.45) is 4.51. The van der Waals surface area contributed by atoms with E-state index < -0.39 is 5.97 Å². The second-order valence-corrected chi connectivity index (χ2v) is 7.39. The first-order valence-corrected chi connectivity index (χ1v) is 10.1. The van der Waals surface area contributed by atoms with Crippen LogP contribution in [0.15, 0.2) is 30.3 Å². The Bertz CT molecular complexity index is 571. The van der Waals surface area contributed by atoms with E-state index >= 15 is 0 Å². The first kappa shape index (κ1) is 21.2. The Morgan fingerprint density at radius 3 is 2.56 bits per heavy atom. The first-order chi connectivity index (χ1) is 13.1. The van der Waals surface area contributed by atoms with Crippen LogP contribution in [0.3, 0.4) is 0 Å². The second kappa shape index (κ2) is 11.6. The number of nitrogens with zero attached hydrogens (tertiary/aromatic N) is 1. The van der Waals surface area contributed by atoms with Crippen molar-refractivity contribution in [3.8, 4) is 0 Å². The lowest BCUT2D eigenvalue weighted by molar-refractivity contribution is -0.137. The number of carboxylic acids is 1. The van der Waals surface area contributed by atoms with Gasteiger partial charge < -0.3 is 20.6 Å². The zero-order valence-corrected chi connectivity index (χ0v) is 16.3. The van der Waals surface area contributed by atoms with Crippen molar-refractivity contribution in [2.24, 2.45) is 5.92 Å². The Labute approximate surface area is 162 Å². The lowest BCUT2D eigenvalue weighted by Gasteiger charge is -2.31. The predicted octanol–water partition coefficient (Wildman–Crippen LogP) is 2.88. The number of benzene rings is 1. The maximum Gasteiger partial charge on any atom is 0.315 e. The molecule has 1 saturated heterocycles. The fourth-order valence-electron chi connectivity index (χ4n) is 3.64. The fourth-order valence-corrected chi connectivity index (χ4v) is 3.64. The van der Waals surface area contributed by atoms with Crippen LogP contribution in [0.25, 0.3) is 0 Å². The van der Waals surface area contributed by atoms with Crippen molar-refractivity contribution >= 4 is 12.0 Å². The monoisotopic (exact) mass is 375 g/mol. The van der Waals surface area contributed by atoms with Crippen molar-refractivity contribution in [2.75, 3.05) is 26.2 Å². The molecule has 1 aliphatic heterocycles. The molecule has 2 rings (SSSR count).